The highest BCUT2D eigenvalue weighted by molar-refractivity contribution is 9.10. The second-order valence-electron chi connectivity index (χ2n) is 4.29. The molecule has 0 unspecified atom stereocenters. The molecule has 0 fully saturated rings. The van der Waals surface area contributed by atoms with Crippen LogP contribution in [0.1, 0.15) is 11.4 Å². The lowest BCUT2D eigenvalue weighted by Crippen LogP contribution is -1.85. The van der Waals surface area contributed by atoms with Gasteiger partial charge < -0.3 is 4.98 Å². The highest BCUT2D eigenvalue weighted by atomic mass is 79.9. The van der Waals surface area contributed by atoms with Crippen molar-refractivity contribution in [2.24, 2.45) is 0 Å². The van der Waals surface area contributed by atoms with Gasteiger partial charge in [0.25, 0.3) is 0 Å². The van der Waals surface area contributed by atoms with Gasteiger partial charge in [-0.1, -0.05) is 46.3 Å². The average Bonchev–Trinajstić information content (AvgIpc) is 2.90. The van der Waals surface area contributed by atoms with Crippen LogP contribution in [0, 0.1) is 11.3 Å². The van der Waals surface area contributed by atoms with Gasteiger partial charge in [-0.3, -0.25) is 0 Å². The number of halogens is 1. The third kappa shape index (κ3) is 2.36. The lowest BCUT2D eigenvalue weighted by molar-refractivity contribution is 1.27. The van der Waals surface area contributed by atoms with E-state index < -0.39 is 0 Å². The second kappa shape index (κ2) is 5.32. The summed E-state index contributed by atoms with van der Waals surface area (Å²) >= 11 is 3.48. The molecule has 0 atom stereocenters. The SMILES string of the molecule is N#C/C(=C\c1ccccc1Br)c1nc2ccccc2[nH]1. The van der Waals surface area contributed by atoms with E-state index in [9.17, 15) is 5.26 Å². The maximum absolute atomic E-state index is 9.36. The maximum Gasteiger partial charge on any atom is 0.149 e. The number of hydrogen-bond donors (Lipinski definition) is 1. The summed E-state index contributed by atoms with van der Waals surface area (Å²) in [4.78, 5) is 7.62. The molecule has 1 heterocycles. The third-order valence-corrected chi connectivity index (χ3v) is 3.69. The lowest BCUT2D eigenvalue weighted by Gasteiger charge is -1.98. The van der Waals surface area contributed by atoms with E-state index in [-0.39, 0.29) is 0 Å². The molecule has 1 aromatic heterocycles. The number of hydrogen-bond acceptors (Lipinski definition) is 2. The summed E-state index contributed by atoms with van der Waals surface area (Å²) in [6.07, 6.45) is 1.82. The van der Waals surface area contributed by atoms with Gasteiger partial charge in [0.2, 0.25) is 0 Å². The Morgan fingerprint density at radius 2 is 1.90 bits per heavy atom. The predicted octanol–water partition coefficient (Wildman–Crippen LogP) is 4.39. The van der Waals surface area contributed by atoms with Gasteiger partial charge >= 0.3 is 0 Å². The van der Waals surface area contributed by atoms with E-state index in [1.807, 2.05) is 54.6 Å². The van der Waals surface area contributed by atoms with Crippen molar-refractivity contribution < 1.29 is 0 Å². The number of imidazole rings is 1. The Hall–Kier alpha value is -2.38. The van der Waals surface area contributed by atoms with Crippen LogP contribution in [0.15, 0.2) is 53.0 Å². The summed E-state index contributed by atoms with van der Waals surface area (Å²) in [6, 6.07) is 17.7. The fourth-order valence-electron chi connectivity index (χ4n) is 1.98. The first-order valence-electron chi connectivity index (χ1n) is 6.09. The molecule has 4 heteroatoms. The summed E-state index contributed by atoms with van der Waals surface area (Å²) in [5, 5.41) is 9.36. The van der Waals surface area contributed by atoms with E-state index in [1.165, 1.54) is 0 Å². The molecule has 0 amide bonds. The minimum absolute atomic E-state index is 0.507. The summed E-state index contributed by atoms with van der Waals surface area (Å²) in [7, 11) is 0. The summed E-state index contributed by atoms with van der Waals surface area (Å²) in [6.45, 7) is 0. The van der Waals surface area contributed by atoms with Gasteiger partial charge in [0.15, 0.2) is 0 Å². The topological polar surface area (TPSA) is 52.5 Å². The molecule has 0 spiro atoms. The fourth-order valence-corrected chi connectivity index (χ4v) is 2.38. The van der Waals surface area contributed by atoms with E-state index >= 15 is 0 Å². The number of nitriles is 1. The van der Waals surface area contributed by atoms with E-state index in [0.29, 0.717) is 11.4 Å². The first kappa shape index (κ1) is 12.6. The fraction of sp³-hybridized carbons (Fsp3) is 0. The number of para-hydroxylation sites is 2. The summed E-state index contributed by atoms with van der Waals surface area (Å²) in [5.74, 6) is 0.587. The molecule has 96 valence electrons. The van der Waals surface area contributed by atoms with Crippen LogP contribution in [0.5, 0.6) is 0 Å². The Bertz CT molecular complexity index is 807. The number of nitrogens with zero attached hydrogens (tertiary/aromatic N) is 2. The lowest BCUT2D eigenvalue weighted by atomic mass is 10.1. The number of aromatic amines is 1. The van der Waals surface area contributed by atoms with Gasteiger partial charge in [-0.25, -0.2) is 4.98 Å². The minimum atomic E-state index is 0.507. The van der Waals surface area contributed by atoms with E-state index in [0.717, 1.165) is 21.1 Å². The first-order chi connectivity index (χ1) is 9.78. The number of nitrogens with one attached hydrogen (secondary N) is 1. The van der Waals surface area contributed by atoms with Crippen molar-refractivity contribution in [3.8, 4) is 6.07 Å². The van der Waals surface area contributed by atoms with Crippen molar-refractivity contribution in [1.29, 1.82) is 5.26 Å². The van der Waals surface area contributed by atoms with E-state index in [1.54, 1.807) is 0 Å². The largest absolute Gasteiger partial charge is 0.337 e. The Morgan fingerprint density at radius 3 is 2.65 bits per heavy atom. The highest BCUT2D eigenvalue weighted by Crippen LogP contribution is 2.23. The van der Waals surface area contributed by atoms with Gasteiger partial charge in [0.1, 0.15) is 11.9 Å². The third-order valence-electron chi connectivity index (χ3n) is 2.97. The molecule has 0 aliphatic heterocycles. The Kier molecular flexibility index (Phi) is 3.36. The number of rotatable bonds is 2. The van der Waals surface area contributed by atoms with Crippen molar-refractivity contribution in [3.05, 3.63) is 64.4 Å². The number of fused-ring (bicyclic) bond motifs is 1. The molecule has 20 heavy (non-hydrogen) atoms. The first-order valence-corrected chi connectivity index (χ1v) is 6.88. The van der Waals surface area contributed by atoms with Gasteiger partial charge in [0, 0.05) is 4.47 Å². The molecule has 0 saturated carbocycles. The van der Waals surface area contributed by atoms with Gasteiger partial charge in [-0.15, -0.1) is 0 Å². The van der Waals surface area contributed by atoms with Gasteiger partial charge in [-0.2, -0.15) is 5.26 Å². The van der Waals surface area contributed by atoms with Crippen LogP contribution in [0.2, 0.25) is 0 Å². The van der Waals surface area contributed by atoms with Crippen LogP contribution in [-0.4, -0.2) is 9.97 Å². The van der Waals surface area contributed by atoms with Gasteiger partial charge in [-0.05, 0) is 29.8 Å². The van der Waals surface area contributed by atoms with Crippen LogP contribution in [0.3, 0.4) is 0 Å². The van der Waals surface area contributed by atoms with Crippen LogP contribution >= 0.6 is 15.9 Å². The zero-order valence-electron chi connectivity index (χ0n) is 10.5. The minimum Gasteiger partial charge on any atom is -0.337 e. The number of benzene rings is 2. The average molecular weight is 324 g/mol. The monoisotopic (exact) mass is 323 g/mol. The molecular weight excluding hydrogens is 314 g/mol. The van der Waals surface area contributed by atoms with Gasteiger partial charge in [0.05, 0.1) is 16.6 Å². The molecule has 0 aliphatic carbocycles. The van der Waals surface area contributed by atoms with Crippen LogP contribution in [0.25, 0.3) is 22.7 Å². The quantitative estimate of drug-likeness (QED) is 0.711. The second-order valence-corrected chi connectivity index (χ2v) is 5.15. The van der Waals surface area contributed by atoms with E-state index in [4.69, 9.17) is 0 Å². The standard InChI is InChI=1S/C16H10BrN3/c17-13-6-2-1-5-11(13)9-12(10-18)16-19-14-7-3-4-8-15(14)20-16/h1-9H,(H,19,20)/b12-9+. The molecule has 0 aliphatic rings. The normalized spacial score (nSPS) is 11.5. The van der Waals surface area contributed by atoms with Crippen molar-refractivity contribution in [2.75, 3.05) is 0 Å². The number of H-pyrrole nitrogens is 1. The Labute approximate surface area is 124 Å². The molecular formula is C16H10BrN3. The molecule has 0 radical (unpaired) electrons. The maximum atomic E-state index is 9.36. The highest BCUT2D eigenvalue weighted by Gasteiger charge is 2.08. The molecule has 3 nitrogen and oxygen atoms in total. The number of aromatic nitrogens is 2. The molecule has 0 saturated heterocycles. The summed E-state index contributed by atoms with van der Waals surface area (Å²) in [5.41, 5.74) is 3.24. The van der Waals surface area contributed by atoms with Crippen LogP contribution in [-0.2, 0) is 0 Å². The molecule has 0 bridgehead atoms. The Morgan fingerprint density at radius 1 is 1.15 bits per heavy atom. The van der Waals surface area contributed by atoms with Crippen molar-refractivity contribution in [1.82, 2.24) is 9.97 Å². The molecule has 1 N–H and O–H groups in total. The van der Waals surface area contributed by atoms with Crippen LogP contribution in [0.4, 0.5) is 0 Å². The summed E-state index contributed by atoms with van der Waals surface area (Å²) < 4.78 is 0.948. The van der Waals surface area contributed by atoms with Crippen molar-refractivity contribution in [3.63, 3.8) is 0 Å². The predicted molar refractivity (Wildman–Crippen MR) is 83.7 cm³/mol. The molecule has 2 aromatic carbocycles. The van der Waals surface area contributed by atoms with Crippen molar-refractivity contribution >= 4 is 38.6 Å². The zero-order valence-corrected chi connectivity index (χ0v) is 12.1. The van der Waals surface area contributed by atoms with Crippen LogP contribution < -0.4 is 0 Å². The zero-order chi connectivity index (χ0) is 13.9. The Balaban J connectivity index is 2.10. The molecule has 3 rings (SSSR count). The number of allylic oxidation sites excluding steroid dienone is 1. The smallest absolute Gasteiger partial charge is 0.149 e. The van der Waals surface area contributed by atoms with E-state index in [2.05, 4.69) is 32.0 Å². The molecule has 3 aromatic rings. The van der Waals surface area contributed by atoms with Crippen molar-refractivity contribution in [2.45, 2.75) is 0 Å².